The molecule has 3 nitrogen and oxygen atoms in total. The number of benzene rings is 1. The van der Waals surface area contributed by atoms with Crippen LogP contribution in [-0.2, 0) is 11.2 Å². The summed E-state index contributed by atoms with van der Waals surface area (Å²) in [7, 11) is 0. The zero-order chi connectivity index (χ0) is 13.7. The predicted octanol–water partition coefficient (Wildman–Crippen LogP) is 3.23. The van der Waals surface area contributed by atoms with Gasteiger partial charge in [-0.25, -0.2) is 4.39 Å². The van der Waals surface area contributed by atoms with E-state index in [4.69, 9.17) is 4.42 Å². The molecule has 0 unspecified atom stereocenters. The number of halogens is 1. The molecule has 0 aliphatic rings. The van der Waals surface area contributed by atoms with Gasteiger partial charge in [0, 0.05) is 12.8 Å². The molecule has 1 N–H and O–H groups in total. The lowest BCUT2D eigenvalue weighted by molar-refractivity contribution is -0.121. The first-order chi connectivity index (χ1) is 9.15. The van der Waals surface area contributed by atoms with Crippen molar-refractivity contribution >= 4 is 5.91 Å². The Morgan fingerprint density at radius 1 is 1.37 bits per heavy atom. The fourth-order valence-electron chi connectivity index (χ4n) is 1.86. The fraction of sp³-hybridized carbons (Fsp3) is 0.267. The molecule has 2 aromatic rings. The average molecular weight is 261 g/mol. The van der Waals surface area contributed by atoms with Gasteiger partial charge in [-0.15, -0.1) is 0 Å². The second kappa shape index (κ2) is 6.18. The summed E-state index contributed by atoms with van der Waals surface area (Å²) in [5.74, 6) is 0.413. The van der Waals surface area contributed by atoms with Gasteiger partial charge in [0.15, 0.2) is 0 Å². The normalized spacial score (nSPS) is 12.1. The molecule has 0 bridgehead atoms. The largest absolute Gasteiger partial charge is 0.469 e. The first-order valence-electron chi connectivity index (χ1n) is 6.22. The number of aryl methyl sites for hydroxylation is 1. The van der Waals surface area contributed by atoms with Gasteiger partial charge in [-0.1, -0.05) is 12.1 Å². The van der Waals surface area contributed by atoms with Crippen LogP contribution < -0.4 is 5.32 Å². The van der Waals surface area contributed by atoms with E-state index in [0.29, 0.717) is 12.8 Å². The lowest BCUT2D eigenvalue weighted by atomic mass is 10.1. The first-order valence-corrected chi connectivity index (χ1v) is 6.22. The predicted molar refractivity (Wildman–Crippen MR) is 70.0 cm³/mol. The Balaban J connectivity index is 1.84. The van der Waals surface area contributed by atoms with Crippen LogP contribution in [0.2, 0.25) is 0 Å². The van der Waals surface area contributed by atoms with E-state index in [2.05, 4.69) is 5.32 Å². The lowest BCUT2D eigenvalue weighted by Gasteiger charge is -2.14. The SMILES string of the molecule is C[C@@H](NC(=O)CCc1ccco1)c1cccc(F)c1. The van der Waals surface area contributed by atoms with Crippen molar-refractivity contribution in [3.63, 3.8) is 0 Å². The van der Waals surface area contributed by atoms with Crippen LogP contribution in [0.3, 0.4) is 0 Å². The molecular formula is C15H16FNO2. The second-order valence-corrected chi connectivity index (χ2v) is 4.42. The van der Waals surface area contributed by atoms with Gasteiger partial charge in [-0.2, -0.15) is 0 Å². The van der Waals surface area contributed by atoms with Crippen LogP contribution in [-0.4, -0.2) is 5.91 Å². The van der Waals surface area contributed by atoms with E-state index in [0.717, 1.165) is 11.3 Å². The van der Waals surface area contributed by atoms with Gasteiger partial charge < -0.3 is 9.73 Å². The van der Waals surface area contributed by atoms with Crippen molar-refractivity contribution in [2.45, 2.75) is 25.8 Å². The summed E-state index contributed by atoms with van der Waals surface area (Å²) < 4.78 is 18.2. The summed E-state index contributed by atoms with van der Waals surface area (Å²) in [4.78, 5) is 11.8. The molecule has 1 amide bonds. The minimum absolute atomic E-state index is 0.0758. The van der Waals surface area contributed by atoms with Crippen molar-refractivity contribution in [2.75, 3.05) is 0 Å². The quantitative estimate of drug-likeness (QED) is 0.897. The monoisotopic (exact) mass is 261 g/mol. The maximum atomic E-state index is 13.1. The van der Waals surface area contributed by atoms with Gasteiger partial charge >= 0.3 is 0 Å². The van der Waals surface area contributed by atoms with Gasteiger partial charge in [0.25, 0.3) is 0 Å². The number of carbonyl (C=O) groups excluding carboxylic acids is 1. The van der Waals surface area contributed by atoms with Crippen LogP contribution in [0.15, 0.2) is 47.1 Å². The van der Waals surface area contributed by atoms with Crippen LogP contribution in [0.25, 0.3) is 0 Å². The summed E-state index contributed by atoms with van der Waals surface area (Å²) in [5.41, 5.74) is 0.756. The smallest absolute Gasteiger partial charge is 0.220 e. The van der Waals surface area contributed by atoms with E-state index in [1.54, 1.807) is 24.5 Å². The highest BCUT2D eigenvalue weighted by molar-refractivity contribution is 5.76. The maximum absolute atomic E-state index is 13.1. The third-order valence-corrected chi connectivity index (χ3v) is 2.90. The van der Waals surface area contributed by atoms with Crippen LogP contribution in [0.4, 0.5) is 4.39 Å². The molecule has 1 aromatic carbocycles. The highest BCUT2D eigenvalue weighted by Gasteiger charge is 2.10. The Kier molecular flexibility index (Phi) is 4.34. The molecule has 0 spiro atoms. The molecule has 19 heavy (non-hydrogen) atoms. The van der Waals surface area contributed by atoms with Gasteiger partial charge in [0.1, 0.15) is 11.6 Å². The maximum Gasteiger partial charge on any atom is 0.220 e. The average Bonchev–Trinajstić information content (AvgIpc) is 2.89. The van der Waals surface area contributed by atoms with Crippen molar-refractivity contribution in [1.29, 1.82) is 0 Å². The van der Waals surface area contributed by atoms with E-state index < -0.39 is 0 Å². The minimum atomic E-state index is -0.297. The molecule has 4 heteroatoms. The molecular weight excluding hydrogens is 245 g/mol. The molecule has 1 heterocycles. The molecule has 0 radical (unpaired) electrons. The van der Waals surface area contributed by atoms with Crippen LogP contribution in [0.5, 0.6) is 0 Å². The first kappa shape index (κ1) is 13.3. The Morgan fingerprint density at radius 2 is 2.21 bits per heavy atom. The number of hydrogen-bond acceptors (Lipinski definition) is 2. The Bertz CT molecular complexity index is 537. The molecule has 100 valence electrons. The molecule has 1 aromatic heterocycles. The molecule has 0 saturated heterocycles. The summed E-state index contributed by atoms with van der Waals surface area (Å²) in [5, 5.41) is 2.84. The van der Waals surface area contributed by atoms with Crippen molar-refractivity contribution in [3.8, 4) is 0 Å². The van der Waals surface area contributed by atoms with Gasteiger partial charge in [-0.3, -0.25) is 4.79 Å². The summed E-state index contributed by atoms with van der Waals surface area (Å²) >= 11 is 0. The van der Waals surface area contributed by atoms with E-state index in [9.17, 15) is 9.18 Å². The highest BCUT2D eigenvalue weighted by atomic mass is 19.1. The molecule has 0 aliphatic heterocycles. The Hall–Kier alpha value is -2.10. The van der Waals surface area contributed by atoms with Crippen molar-refractivity contribution in [1.82, 2.24) is 5.32 Å². The minimum Gasteiger partial charge on any atom is -0.469 e. The van der Waals surface area contributed by atoms with Crippen LogP contribution >= 0.6 is 0 Å². The van der Waals surface area contributed by atoms with E-state index in [1.165, 1.54) is 12.1 Å². The molecule has 0 aliphatic carbocycles. The number of furan rings is 1. The standard InChI is InChI=1S/C15H16FNO2/c1-11(12-4-2-5-13(16)10-12)17-15(18)8-7-14-6-3-9-19-14/h2-6,9-11H,7-8H2,1H3,(H,17,18)/t11-/m1/s1. The lowest BCUT2D eigenvalue weighted by Crippen LogP contribution is -2.26. The Labute approximate surface area is 111 Å². The third kappa shape index (κ3) is 3.95. The highest BCUT2D eigenvalue weighted by Crippen LogP contribution is 2.13. The summed E-state index contributed by atoms with van der Waals surface area (Å²) in [6.45, 7) is 1.83. The molecule has 0 saturated carbocycles. The van der Waals surface area contributed by atoms with Crippen molar-refractivity contribution in [2.24, 2.45) is 0 Å². The van der Waals surface area contributed by atoms with E-state index >= 15 is 0 Å². The van der Waals surface area contributed by atoms with Crippen molar-refractivity contribution in [3.05, 3.63) is 59.8 Å². The summed E-state index contributed by atoms with van der Waals surface area (Å²) in [6.07, 6.45) is 2.50. The molecule has 0 fully saturated rings. The van der Waals surface area contributed by atoms with Gasteiger partial charge in [0.05, 0.1) is 12.3 Å². The summed E-state index contributed by atoms with van der Waals surface area (Å²) in [6, 6.07) is 9.66. The fourth-order valence-corrected chi connectivity index (χ4v) is 1.86. The molecule has 1 atom stereocenters. The molecule has 2 rings (SSSR count). The zero-order valence-electron chi connectivity index (χ0n) is 10.7. The zero-order valence-corrected chi connectivity index (χ0v) is 10.7. The van der Waals surface area contributed by atoms with Gasteiger partial charge in [0.2, 0.25) is 5.91 Å². The number of rotatable bonds is 5. The third-order valence-electron chi connectivity index (χ3n) is 2.90. The van der Waals surface area contributed by atoms with Crippen LogP contribution in [0, 0.1) is 5.82 Å². The van der Waals surface area contributed by atoms with E-state index in [-0.39, 0.29) is 17.8 Å². The number of nitrogens with one attached hydrogen (secondary N) is 1. The number of amides is 1. The topological polar surface area (TPSA) is 42.2 Å². The number of carbonyl (C=O) groups is 1. The Morgan fingerprint density at radius 3 is 2.89 bits per heavy atom. The van der Waals surface area contributed by atoms with Crippen molar-refractivity contribution < 1.29 is 13.6 Å². The second-order valence-electron chi connectivity index (χ2n) is 4.42. The van der Waals surface area contributed by atoms with Gasteiger partial charge in [-0.05, 0) is 36.8 Å². The number of hydrogen-bond donors (Lipinski definition) is 1. The van der Waals surface area contributed by atoms with Crippen LogP contribution in [0.1, 0.15) is 30.7 Å². The van der Waals surface area contributed by atoms with E-state index in [1.807, 2.05) is 13.0 Å².